The molecule has 0 aliphatic heterocycles. The van der Waals surface area contributed by atoms with E-state index in [4.69, 9.17) is 0 Å². The van der Waals surface area contributed by atoms with E-state index in [2.05, 4.69) is 22.3 Å². The molecule has 0 unspecified atom stereocenters. The summed E-state index contributed by atoms with van der Waals surface area (Å²) in [6, 6.07) is 10.1. The molecule has 0 aliphatic rings. The van der Waals surface area contributed by atoms with Gasteiger partial charge in [-0.2, -0.15) is 5.10 Å². The van der Waals surface area contributed by atoms with E-state index < -0.39 is 0 Å². The maximum absolute atomic E-state index is 4.47. The molecule has 0 atom stereocenters. The minimum Gasteiger partial charge on any atom is -0.312 e. The van der Waals surface area contributed by atoms with E-state index in [0.29, 0.717) is 0 Å². The molecule has 0 saturated heterocycles. The third-order valence-electron chi connectivity index (χ3n) is 2.95. The van der Waals surface area contributed by atoms with Crippen LogP contribution in [0.3, 0.4) is 0 Å². The molecule has 3 aromatic rings. The number of nitrogens with zero attached hydrogens (tertiary/aromatic N) is 3. The molecule has 1 aromatic carbocycles. The fraction of sp³-hybridized carbons (Fsp3) is 0.200. The Labute approximate surface area is 122 Å². The summed E-state index contributed by atoms with van der Waals surface area (Å²) in [6.07, 6.45) is 5.82. The standard InChI is InChI=1S/C15H16N4S/c1-2-16-9-14-10-17-15(20-14)12-8-18-19(11-12)13-6-4-3-5-7-13/h3-8,10-11,16H,2,9H2,1H3. The van der Waals surface area contributed by atoms with Crippen LogP contribution in [0.2, 0.25) is 0 Å². The van der Waals surface area contributed by atoms with Gasteiger partial charge in [-0.05, 0) is 18.7 Å². The van der Waals surface area contributed by atoms with Gasteiger partial charge in [0.05, 0.1) is 11.9 Å². The molecule has 0 bridgehead atoms. The lowest BCUT2D eigenvalue weighted by atomic mass is 10.3. The highest BCUT2D eigenvalue weighted by molar-refractivity contribution is 7.15. The van der Waals surface area contributed by atoms with Crippen molar-refractivity contribution in [2.24, 2.45) is 0 Å². The summed E-state index contributed by atoms with van der Waals surface area (Å²) in [5.74, 6) is 0. The molecule has 102 valence electrons. The van der Waals surface area contributed by atoms with Crippen LogP contribution >= 0.6 is 11.3 Å². The lowest BCUT2D eigenvalue weighted by molar-refractivity contribution is 0.734. The number of rotatable bonds is 5. The van der Waals surface area contributed by atoms with E-state index in [-0.39, 0.29) is 0 Å². The number of aromatic nitrogens is 3. The van der Waals surface area contributed by atoms with E-state index in [1.807, 2.05) is 53.6 Å². The number of para-hydroxylation sites is 1. The van der Waals surface area contributed by atoms with Gasteiger partial charge in [-0.25, -0.2) is 9.67 Å². The molecule has 0 saturated carbocycles. The predicted octanol–water partition coefficient (Wildman–Crippen LogP) is 3.11. The van der Waals surface area contributed by atoms with Crippen molar-refractivity contribution in [3.8, 4) is 16.3 Å². The summed E-state index contributed by atoms with van der Waals surface area (Å²) in [5.41, 5.74) is 2.12. The molecule has 0 spiro atoms. The van der Waals surface area contributed by atoms with Gasteiger partial charge < -0.3 is 5.32 Å². The number of benzene rings is 1. The van der Waals surface area contributed by atoms with E-state index >= 15 is 0 Å². The average molecular weight is 284 g/mol. The molecule has 2 aromatic heterocycles. The van der Waals surface area contributed by atoms with Crippen LogP contribution in [0.1, 0.15) is 11.8 Å². The first-order valence-corrected chi connectivity index (χ1v) is 7.44. The minimum atomic E-state index is 0.876. The van der Waals surface area contributed by atoms with Gasteiger partial charge >= 0.3 is 0 Å². The molecule has 2 heterocycles. The van der Waals surface area contributed by atoms with Gasteiger partial charge in [0.25, 0.3) is 0 Å². The van der Waals surface area contributed by atoms with Gasteiger partial charge in [-0.3, -0.25) is 0 Å². The average Bonchev–Trinajstić information content (AvgIpc) is 3.15. The van der Waals surface area contributed by atoms with E-state index in [1.165, 1.54) is 4.88 Å². The van der Waals surface area contributed by atoms with Gasteiger partial charge in [0, 0.05) is 29.4 Å². The Hall–Kier alpha value is -1.98. The molecule has 20 heavy (non-hydrogen) atoms. The maximum Gasteiger partial charge on any atom is 0.126 e. The zero-order chi connectivity index (χ0) is 13.8. The second kappa shape index (κ2) is 5.98. The topological polar surface area (TPSA) is 42.7 Å². The molecule has 0 radical (unpaired) electrons. The van der Waals surface area contributed by atoms with Crippen LogP contribution in [0.4, 0.5) is 0 Å². The summed E-state index contributed by atoms with van der Waals surface area (Å²) < 4.78 is 1.88. The number of hydrogen-bond acceptors (Lipinski definition) is 4. The van der Waals surface area contributed by atoms with Crippen molar-refractivity contribution in [2.75, 3.05) is 6.54 Å². The Morgan fingerprint density at radius 2 is 2.05 bits per heavy atom. The molecule has 0 amide bonds. The van der Waals surface area contributed by atoms with E-state index in [9.17, 15) is 0 Å². The first-order valence-electron chi connectivity index (χ1n) is 6.62. The predicted molar refractivity (Wildman–Crippen MR) is 82.1 cm³/mol. The zero-order valence-corrected chi connectivity index (χ0v) is 12.1. The molecule has 4 nitrogen and oxygen atoms in total. The quantitative estimate of drug-likeness (QED) is 0.783. The molecular weight excluding hydrogens is 268 g/mol. The molecule has 5 heteroatoms. The summed E-state index contributed by atoms with van der Waals surface area (Å²) in [4.78, 5) is 5.72. The van der Waals surface area contributed by atoms with Crippen molar-refractivity contribution in [1.29, 1.82) is 0 Å². The van der Waals surface area contributed by atoms with Crippen molar-refractivity contribution in [3.05, 3.63) is 53.8 Å². The van der Waals surface area contributed by atoms with Gasteiger partial charge in [0.2, 0.25) is 0 Å². The van der Waals surface area contributed by atoms with Crippen molar-refractivity contribution >= 4 is 11.3 Å². The number of nitrogens with one attached hydrogen (secondary N) is 1. The highest BCUT2D eigenvalue weighted by Gasteiger charge is 2.07. The smallest absolute Gasteiger partial charge is 0.126 e. The normalized spacial score (nSPS) is 10.8. The highest BCUT2D eigenvalue weighted by Crippen LogP contribution is 2.25. The SMILES string of the molecule is CCNCc1cnc(-c2cnn(-c3ccccc3)c2)s1. The fourth-order valence-corrected chi connectivity index (χ4v) is 2.78. The summed E-state index contributed by atoms with van der Waals surface area (Å²) in [7, 11) is 0. The van der Waals surface area contributed by atoms with Crippen LogP contribution in [0.25, 0.3) is 16.3 Å². The van der Waals surface area contributed by atoms with Crippen LogP contribution in [-0.4, -0.2) is 21.3 Å². The number of hydrogen-bond donors (Lipinski definition) is 1. The minimum absolute atomic E-state index is 0.876. The second-order valence-electron chi connectivity index (χ2n) is 4.42. The first-order chi connectivity index (χ1) is 9.86. The van der Waals surface area contributed by atoms with Gasteiger partial charge in [-0.1, -0.05) is 25.1 Å². The van der Waals surface area contributed by atoms with Crippen molar-refractivity contribution in [2.45, 2.75) is 13.5 Å². The Bertz CT molecular complexity index is 672. The van der Waals surface area contributed by atoms with Crippen LogP contribution < -0.4 is 5.32 Å². The molecular formula is C15H16N4S. The Balaban J connectivity index is 1.81. The van der Waals surface area contributed by atoms with Crippen LogP contribution in [-0.2, 0) is 6.54 Å². The molecule has 0 fully saturated rings. The van der Waals surface area contributed by atoms with E-state index in [1.54, 1.807) is 11.3 Å². The third kappa shape index (κ3) is 2.79. The highest BCUT2D eigenvalue weighted by atomic mass is 32.1. The second-order valence-corrected chi connectivity index (χ2v) is 5.54. The largest absolute Gasteiger partial charge is 0.312 e. The van der Waals surface area contributed by atoms with Crippen molar-refractivity contribution < 1.29 is 0 Å². The Kier molecular flexibility index (Phi) is 3.90. The zero-order valence-electron chi connectivity index (χ0n) is 11.3. The van der Waals surface area contributed by atoms with E-state index in [0.717, 1.165) is 29.3 Å². The van der Waals surface area contributed by atoms with Gasteiger partial charge in [0.15, 0.2) is 0 Å². The maximum atomic E-state index is 4.47. The van der Waals surface area contributed by atoms with Gasteiger partial charge in [0.1, 0.15) is 5.01 Å². The molecule has 0 aliphatic carbocycles. The Morgan fingerprint density at radius 3 is 2.85 bits per heavy atom. The molecule has 3 rings (SSSR count). The lowest BCUT2D eigenvalue weighted by Crippen LogP contribution is -2.10. The summed E-state index contributed by atoms with van der Waals surface area (Å²) in [5, 5.41) is 8.73. The first kappa shape index (κ1) is 13.0. The van der Waals surface area contributed by atoms with Crippen LogP contribution in [0.5, 0.6) is 0 Å². The third-order valence-corrected chi connectivity index (χ3v) is 4.00. The van der Waals surface area contributed by atoms with Crippen molar-refractivity contribution in [1.82, 2.24) is 20.1 Å². The van der Waals surface area contributed by atoms with Crippen LogP contribution in [0.15, 0.2) is 48.9 Å². The molecule has 1 N–H and O–H groups in total. The van der Waals surface area contributed by atoms with Gasteiger partial charge in [-0.15, -0.1) is 11.3 Å². The summed E-state index contributed by atoms with van der Waals surface area (Å²) in [6.45, 7) is 3.95. The number of thiazole rings is 1. The monoisotopic (exact) mass is 284 g/mol. The fourth-order valence-electron chi connectivity index (χ4n) is 1.93. The lowest BCUT2D eigenvalue weighted by Gasteiger charge is -1.98. The Morgan fingerprint density at radius 1 is 1.20 bits per heavy atom. The summed E-state index contributed by atoms with van der Waals surface area (Å²) >= 11 is 1.71. The van der Waals surface area contributed by atoms with Crippen molar-refractivity contribution in [3.63, 3.8) is 0 Å². The van der Waals surface area contributed by atoms with Crippen LogP contribution in [0, 0.1) is 0 Å².